The number of likely N-dealkylation sites (tertiary alicyclic amines) is 1. The Labute approximate surface area is 178 Å². The monoisotopic (exact) mass is 414 g/mol. The van der Waals surface area contributed by atoms with Gasteiger partial charge in [0.15, 0.2) is 0 Å². The van der Waals surface area contributed by atoms with Crippen molar-refractivity contribution in [3.63, 3.8) is 0 Å². The minimum absolute atomic E-state index is 0.342. The first kappa shape index (κ1) is 21.0. The topological polar surface area (TPSA) is 67.2 Å². The minimum Gasteiger partial charge on any atom is -0.375 e. The molecule has 29 heavy (non-hydrogen) atoms. The summed E-state index contributed by atoms with van der Waals surface area (Å²) in [7, 11) is 1.85. The number of nitrogens with zero attached hydrogens (tertiary/aromatic N) is 1. The van der Waals surface area contributed by atoms with E-state index in [2.05, 4.69) is 57.0 Å². The van der Waals surface area contributed by atoms with E-state index in [1.807, 2.05) is 25.2 Å². The summed E-state index contributed by atoms with van der Waals surface area (Å²) in [5, 5.41) is 15.0. The number of benzene rings is 1. The van der Waals surface area contributed by atoms with Gasteiger partial charge < -0.3 is 31.2 Å². The predicted molar refractivity (Wildman–Crippen MR) is 122 cm³/mol. The van der Waals surface area contributed by atoms with Crippen LogP contribution in [0.25, 0.3) is 10.9 Å². The van der Waals surface area contributed by atoms with Gasteiger partial charge in [-0.1, -0.05) is 31.3 Å². The molecule has 2 aromatic rings. The lowest BCUT2D eigenvalue weighted by atomic mass is 10.1. The molecule has 3 rings (SSSR count). The second kappa shape index (κ2) is 9.65. The summed E-state index contributed by atoms with van der Waals surface area (Å²) < 4.78 is 0. The molecule has 7 heteroatoms. The van der Waals surface area contributed by atoms with Gasteiger partial charge in [0.2, 0.25) is 0 Å². The highest BCUT2D eigenvalue weighted by Crippen LogP contribution is 2.20. The van der Waals surface area contributed by atoms with E-state index < -0.39 is 0 Å². The van der Waals surface area contributed by atoms with Crippen LogP contribution in [0.1, 0.15) is 18.5 Å². The van der Waals surface area contributed by atoms with E-state index in [-0.39, 0.29) is 0 Å². The van der Waals surface area contributed by atoms with E-state index in [9.17, 15) is 0 Å². The molecule has 0 aliphatic carbocycles. The Morgan fingerprint density at radius 1 is 1.21 bits per heavy atom. The summed E-state index contributed by atoms with van der Waals surface area (Å²) in [4.78, 5) is 5.73. The van der Waals surface area contributed by atoms with Gasteiger partial charge >= 0.3 is 0 Å². The number of piperidine rings is 1. The van der Waals surface area contributed by atoms with Gasteiger partial charge in [0, 0.05) is 53.5 Å². The second-order valence-corrected chi connectivity index (χ2v) is 7.87. The normalized spacial score (nSPS) is 16.3. The Balaban J connectivity index is 1.45. The zero-order valence-electron chi connectivity index (χ0n) is 17.1. The first-order valence-electron chi connectivity index (χ1n) is 9.94. The number of hydrogen-bond acceptors (Lipinski definition) is 5. The lowest BCUT2D eigenvalue weighted by molar-refractivity contribution is 0.237. The number of hydrogen-bond donors (Lipinski definition) is 5. The van der Waals surface area contributed by atoms with Crippen molar-refractivity contribution in [2.45, 2.75) is 25.4 Å². The zero-order valence-corrected chi connectivity index (χ0v) is 17.8. The van der Waals surface area contributed by atoms with Gasteiger partial charge in [-0.2, -0.15) is 0 Å². The fraction of sp³-hybridized carbons (Fsp3) is 0.364. The molecule has 1 unspecified atom stereocenters. The summed E-state index contributed by atoms with van der Waals surface area (Å²) >= 11 is 6.07. The molecule has 5 N–H and O–H groups in total. The van der Waals surface area contributed by atoms with E-state index >= 15 is 0 Å². The quantitative estimate of drug-likeness (QED) is 0.413. The van der Waals surface area contributed by atoms with Crippen molar-refractivity contribution in [2.24, 2.45) is 0 Å². The molecule has 0 amide bonds. The molecule has 0 radical (unpaired) electrons. The fourth-order valence-electron chi connectivity index (χ4n) is 3.55. The van der Waals surface area contributed by atoms with Gasteiger partial charge in [-0.3, -0.25) is 0 Å². The zero-order chi connectivity index (χ0) is 20.8. The highest BCUT2D eigenvalue weighted by Gasteiger charge is 2.21. The van der Waals surface area contributed by atoms with Crippen LogP contribution in [0.5, 0.6) is 0 Å². The molecular weight excluding hydrogens is 384 g/mol. The van der Waals surface area contributed by atoms with Gasteiger partial charge in [-0.15, -0.1) is 0 Å². The van der Waals surface area contributed by atoms with Crippen molar-refractivity contribution < 1.29 is 0 Å². The average molecular weight is 415 g/mol. The van der Waals surface area contributed by atoms with Crippen LogP contribution in [0.3, 0.4) is 0 Å². The molecule has 0 bridgehead atoms. The Kier molecular flexibility index (Phi) is 6.99. The van der Waals surface area contributed by atoms with Crippen LogP contribution in [-0.2, 0) is 6.54 Å². The van der Waals surface area contributed by atoms with Gasteiger partial charge in [0.05, 0.1) is 24.7 Å². The predicted octanol–water partition coefficient (Wildman–Crippen LogP) is 3.23. The lowest BCUT2D eigenvalue weighted by Gasteiger charge is -2.36. The maximum Gasteiger partial charge on any atom is 0.0918 e. The molecule has 2 heterocycles. The standard InChI is InChI=1S/C22H31ClN6/c1-15(12-25-16(2)24-4)29-9-5-6-20(14-29)27-17(3)26-13-21-11-18-10-19(23)7-8-22(18)28-21/h7-8,10-11,20,24-28H,1-3,5-6,9,12-14H2,4H3. The number of aromatic nitrogens is 1. The van der Waals surface area contributed by atoms with Crippen molar-refractivity contribution in [2.75, 3.05) is 26.7 Å². The van der Waals surface area contributed by atoms with E-state index in [1.54, 1.807) is 0 Å². The number of fused-ring (bicyclic) bond motifs is 1. The maximum absolute atomic E-state index is 6.07. The van der Waals surface area contributed by atoms with Gasteiger partial charge in [0.25, 0.3) is 0 Å². The van der Waals surface area contributed by atoms with Gasteiger partial charge in [0.1, 0.15) is 0 Å². The molecule has 1 atom stereocenters. The van der Waals surface area contributed by atoms with Crippen molar-refractivity contribution in [1.29, 1.82) is 0 Å². The third-order valence-electron chi connectivity index (χ3n) is 5.19. The van der Waals surface area contributed by atoms with Crippen molar-refractivity contribution in [3.8, 4) is 0 Å². The third-order valence-corrected chi connectivity index (χ3v) is 5.42. The first-order valence-corrected chi connectivity index (χ1v) is 10.3. The lowest BCUT2D eigenvalue weighted by Crippen LogP contribution is -2.47. The number of H-pyrrole nitrogens is 1. The van der Waals surface area contributed by atoms with Crippen LogP contribution in [0.4, 0.5) is 0 Å². The van der Waals surface area contributed by atoms with E-state index in [0.717, 1.165) is 64.9 Å². The third kappa shape index (κ3) is 5.87. The van der Waals surface area contributed by atoms with Crippen molar-refractivity contribution in [3.05, 3.63) is 72.1 Å². The Morgan fingerprint density at radius 2 is 2.03 bits per heavy atom. The maximum atomic E-state index is 6.07. The number of rotatable bonds is 10. The summed E-state index contributed by atoms with van der Waals surface area (Å²) in [6.07, 6.45) is 2.24. The largest absolute Gasteiger partial charge is 0.375 e. The molecule has 1 fully saturated rings. The molecule has 1 aliphatic heterocycles. The Morgan fingerprint density at radius 3 is 2.83 bits per heavy atom. The molecule has 1 aromatic carbocycles. The van der Waals surface area contributed by atoms with E-state index in [1.165, 1.54) is 0 Å². The van der Waals surface area contributed by atoms with Gasteiger partial charge in [-0.25, -0.2) is 0 Å². The number of aromatic amines is 1. The Hall–Kier alpha value is -2.73. The van der Waals surface area contributed by atoms with Crippen LogP contribution < -0.4 is 21.3 Å². The molecular formula is C22H31ClN6. The Bertz CT molecular complexity index is 887. The van der Waals surface area contributed by atoms with Crippen LogP contribution in [0.15, 0.2) is 61.3 Å². The molecule has 156 valence electrons. The van der Waals surface area contributed by atoms with Crippen molar-refractivity contribution in [1.82, 2.24) is 31.2 Å². The molecule has 1 aromatic heterocycles. The highest BCUT2D eigenvalue weighted by atomic mass is 35.5. The second-order valence-electron chi connectivity index (χ2n) is 7.44. The van der Waals surface area contributed by atoms with Crippen LogP contribution in [-0.4, -0.2) is 42.6 Å². The van der Waals surface area contributed by atoms with E-state index in [0.29, 0.717) is 19.1 Å². The minimum atomic E-state index is 0.342. The summed E-state index contributed by atoms with van der Waals surface area (Å²) in [6.45, 7) is 15.6. The SMILES string of the molecule is C=C(NC)NCC(=C)N1CCCC(NC(=C)NCc2cc3cc(Cl)ccc3[nH]2)C1. The molecule has 1 aliphatic rings. The summed E-state index contributed by atoms with van der Waals surface area (Å²) in [5.41, 5.74) is 3.25. The highest BCUT2D eigenvalue weighted by molar-refractivity contribution is 6.31. The summed E-state index contributed by atoms with van der Waals surface area (Å²) in [5.74, 6) is 1.63. The fourth-order valence-corrected chi connectivity index (χ4v) is 3.73. The molecule has 6 nitrogen and oxygen atoms in total. The first-order chi connectivity index (χ1) is 13.9. The van der Waals surface area contributed by atoms with Crippen LogP contribution >= 0.6 is 11.6 Å². The van der Waals surface area contributed by atoms with Crippen LogP contribution in [0.2, 0.25) is 5.02 Å². The smallest absolute Gasteiger partial charge is 0.0918 e. The van der Waals surface area contributed by atoms with Crippen LogP contribution in [0, 0.1) is 0 Å². The average Bonchev–Trinajstić information content (AvgIpc) is 3.12. The molecule has 0 spiro atoms. The van der Waals surface area contributed by atoms with E-state index in [4.69, 9.17) is 11.6 Å². The molecule has 1 saturated heterocycles. The number of halogens is 1. The van der Waals surface area contributed by atoms with Gasteiger partial charge in [-0.05, 0) is 37.1 Å². The van der Waals surface area contributed by atoms with Crippen molar-refractivity contribution >= 4 is 22.5 Å². The summed E-state index contributed by atoms with van der Waals surface area (Å²) in [6, 6.07) is 8.31. The molecule has 0 saturated carbocycles. The number of nitrogens with one attached hydrogen (secondary N) is 5.